The van der Waals surface area contributed by atoms with Gasteiger partial charge in [0, 0.05) is 6.08 Å². The average molecular weight is 248 g/mol. The van der Waals surface area contributed by atoms with Crippen LogP contribution < -0.4 is 4.89 Å². The van der Waals surface area contributed by atoms with Gasteiger partial charge in [-0.2, -0.15) is 0 Å². The lowest BCUT2D eigenvalue weighted by Crippen LogP contribution is -2.40. The highest BCUT2D eigenvalue weighted by atomic mass is 31.1. The summed E-state index contributed by atoms with van der Waals surface area (Å²) in [5.41, 5.74) is 0.292. The Morgan fingerprint density at radius 3 is 2.38 bits per heavy atom. The van der Waals surface area contributed by atoms with E-state index in [1.165, 1.54) is 0 Å². The van der Waals surface area contributed by atoms with Crippen molar-refractivity contribution in [3.8, 4) is 0 Å². The minimum atomic E-state index is -1.62. The van der Waals surface area contributed by atoms with Crippen molar-refractivity contribution in [3.63, 3.8) is 0 Å². The number of carbonyl (C=O) groups excluding carboxylic acids is 1. The van der Waals surface area contributed by atoms with E-state index in [1.54, 1.807) is 6.92 Å². The Hall–Kier alpha value is -0.740. The highest BCUT2D eigenvalue weighted by Crippen LogP contribution is 2.15. The summed E-state index contributed by atoms with van der Waals surface area (Å²) in [7, 11) is 4.16. The summed E-state index contributed by atoms with van der Waals surface area (Å²) in [6, 6.07) is 0. The van der Waals surface area contributed by atoms with Gasteiger partial charge in [-0.3, -0.25) is 4.89 Å². The Bertz CT molecular complexity index is 294. The Morgan fingerprint density at radius 2 is 2.00 bits per heavy atom. The summed E-state index contributed by atoms with van der Waals surface area (Å²) >= 11 is 0. The number of hydrogen-bond acceptors (Lipinski definition) is 4. The first-order chi connectivity index (χ1) is 7.30. The molecule has 0 saturated heterocycles. The molecule has 1 unspecified atom stereocenters. The standard InChI is InChI=1S/C10H19NO4P/c1-6-9(12)14-15-10(16(13)7-2)8-11(3,4)5/h6H,1,7-8H2,2-5H3/q+1. The SMILES string of the molecule is C=CC(=O)OO/C(C[N+](C)(C)C)=[P+](/[O-])CC. The van der Waals surface area contributed by atoms with E-state index in [-0.39, 0.29) is 0 Å². The monoisotopic (exact) mass is 248 g/mol. The maximum atomic E-state index is 11.6. The van der Waals surface area contributed by atoms with Gasteiger partial charge < -0.3 is 9.38 Å². The van der Waals surface area contributed by atoms with Crippen LogP contribution in [-0.4, -0.2) is 49.8 Å². The third-order valence-corrected chi connectivity index (χ3v) is 2.91. The van der Waals surface area contributed by atoms with Gasteiger partial charge in [-0.25, -0.2) is 4.79 Å². The summed E-state index contributed by atoms with van der Waals surface area (Å²) < 4.78 is 0.544. The number of hydrogen-bond donors (Lipinski definition) is 0. The van der Waals surface area contributed by atoms with Crippen LogP contribution in [0, 0.1) is 0 Å². The second-order valence-corrected chi connectivity index (χ2v) is 6.11. The maximum absolute atomic E-state index is 11.6. The predicted molar refractivity (Wildman–Crippen MR) is 62.7 cm³/mol. The maximum Gasteiger partial charge on any atom is 0.366 e. The van der Waals surface area contributed by atoms with Crippen molar-refractivity contribution >= 4 is 19.2 Å². The van der Waals surface area contributed by atoms with Crippen molar-refractivity contribution in [2.45, 2.75) is 6.92 Å². The van der Waals surface area contributed by atoms with E-state index in [1.807, 2.05) is 21.1 Å². The summed E-state index contributed by atoms with van der Waals surface area (Å²) in [6.45, 7) is 5.45. The fourth-order valence-electron chi connectivity index (χ4n) is 0.852. The highest BCUT2D eigenvalue weighted by Gasteiger charge is 2.22. The molecule has 5 nitrogen and oxygen atoms in total. The van der Waals surface area contributed by atoms with E-state index in [9.17, 15) is 9.69 Å². The second-order valence-electron chi connectivity index (χ2n) is 4.23. The van der Waals surface area contributed by atoms with E-state index in [2.05, 4.69) is 11.5 Å². The van der Waals surface area contributed by atoms with Crippen LogP contribution in [0.5, 0.6) is 0 Å². The molecule has 0 N–H and O–H groups in total. The van der Waals surface area contributed by atoms with Crippen LogP contribution in [0.2, 0.25) is 0 Å². The first kappa shape index (κ1) is 15.3. The molecule has 16 heavy (non-hydrogen) atoms. The van der Waals surface area contributed by atoms with Crippen molar-refractivity contribution in [3.05, 3.63) is 12.7 Å². The molecule has 6 heteroatoms. The van der Waals surface area contributed by atoms with Crippen molar-refractivity contribution in [2.75, 3.05) is 33.8 Å². The van der Waals surface area contributed by atoms with Crippen LogP contribution >= 0.6 is 7.77 Å². The second kappa shape index (κ2) is 6.76. The first-order valence-electron chi connectivity index (χ1n) is 4.92. The average Bonchev–Trinajstić information content (AvgIpc) is 2.20. The lowest BCUT2D eigenvalue weighted by molar-refractivity contribution is -0.861. The van der Waals surface area contributed by atoms with Crippen molar-refractivity contribution in [2.24, 2.45) is 0 Å². The number of quaternary nitrogens is 1. The van der Waals surface area contributed by atoms with Gasteiger partial charge in [-0.15, -0.1) is 0 Å². The molecule has 0 aromatic heterocycles. The van der Waals surface area contributed by atoms with Gasteiger partial charge in [0.15, 0.2) is 6.54 Å². The molecular weight excluding hydrogens is 229 g/mol. The van der Waals surface area contributed by atoms with Crippen LogP contribution in [0.1, 0.15) is 6.92 Å². The number of rotatable bonds is 6. The molecule has 1 atom stereocenters. The number of nitrogens with zero attached hydrogens (tertiary/aromatic N) is 1. The Balaban J connectivity index is 4.59. The van der Waals surface area contributed by atoms with E-state index < -0.39 is 13.7 Å². The topological polar surface area (TPSA) is 58.6 Å². The highest BCUT2D eigenvalue weighted by molar-refractivity contribution is 7.51. The quantitative estimate of drug-likeness (QED) is 0.222. The van der Waals surface area contributed by atoms with E-state index >= 15 is 0 Å². The Morgan fingerprint density at radius 1 is 1.44 bits per heavy atom. The fraction of sp³-hybridized carbons (Fsp3) is 0.600. The summed E-state index contributed by atoms with van der Waals surface area (Å²) in [4.78, 5) is 31.7. The van der Waals surface area contributed by atoms with Crippen molar-refractivity contribution in [1.82, 2.24) is 0 Å². The van der Waals surface area contributed by atoms with Crippen LogP contribution in [0.25, 0.3) is 0 Å². The zero-order valence-electron chi connectivity index (χ0n) is 10.2. The molecule has 0 rings (SSSR count). The molecule has 0 bridgehead atoms. The van der Waals surface area contributed by atoms with Gasteiger partial charge in [-0.1, -0.05) is 11.5 Å². The van der Waals surface area contributed by atoms with Crippen LogP contribution in [0.4, 0.5) is 0 Å². The van der Waals surface area contributed by atoms with Crippen LogP contribution in [0.3, 0.4) is 0 Å². The molecule has 0 aromatic rings. The van der Waals surface area contributed by atoms with Gasteiger partial charge >= 0.3 is 11.4 Å². The van der Waals surface area contributed by atoms with Crippen molar-refractivity contribution < 1.29 is 23.9 Å². The largest absolute Gasteiger partial charge is 0.628 e. The molecule has 0 aliphatic heterocycles. The van der Waals surface area contributed by atoms with Gasteiger partial charge in [0.2, 0.25) is 0 Å². The van der Waals surface area contributed by atoms with E-state index in [4.69, 9.17) is 4.89 Å². The third-order valence-electron chi connectivity index (χ3n) is 1.56. The summed E-state index contributed by atoms with van der Waals surface area (Å²) in [5.74, 6) is -0.696. The van der Waals surface area contributed by atoms with Crippen LogP contribution in [-0.2, 0) is 14.6 Å². The Kier molecular flexibility index (Phi) is 6.45. The normalized spacial score (nSPS) is 13.1. The lowest BCUT2D eigenvalue weighted by Gasteiger charge is -2.22. The molecule has 0 aliphatic rings. The molecule has 92 valence electrons. The van der Waals surface area contributed by atoms with E-state index in [0.29, 0.717) is 22.7 Å². The number of likely N-dealkylation sites (N-methyl/N-ethyl adjacent to an activating group) is 1. The van der Waals surface area contributed by atoms with Gasteiger partial charge in [-0.05, 0) is 6.92 Å². The molecule has 0 heterocycles. The molecular formula is C10H19NO4P+. The molecule has 0 spiro atoms. The zero-order valence-corrected chi connectivity index (χ0v) is 11.1. The molecule has 0 fully saturated rings. The third kappa shape index (κ3) is 6.69. The smallest absolute Gasteiger partial charge is 0.366 e. The van der Waals surface area contributed by atoms with Gasteiger partial charge in [0.05, 0.1) is 28.9 Å². The van der Waals surface area contributed by atoms with Gasteiger partial charge in [0.25, 0.3) is 0 Å². The first-order valence-corrected chi connectivity index (χ1v) is 6.36. The minimum absolute atomic E-state index is 0.292. The van der Waals surface area contributed by atoms with Crippen molar-refractivity contribution in [1.29, 1.82) is 0 Å². The molecule has 0 radical (unpaired) electrons. The van der Waals surface area contributed by atoms with Crippen LogP contribution in [0.15, 0.2) is 12.7 Å². The minimum Gasteiger partial charge on any atom is -0.628 e. The van der Waals surface area contributed by atoms with Gasteiger partial charge in [0.1, 0.15) is 6.16 Å². The molecule has 0 aromatic carbocycles. The fourth-order valence-corrected chi connectivity index (χ4v) is 1.91. The zero-order chi connectivity index (χ0) is 12.8. The summed E-state index contributed by atoms with van der Waals surface area (Å²) in [5, 5.41) is 0. The predicted octanol–water partition coefficient (Wildman–Crippen LogP) is 0.260. The number of carbonyl (C=O) groups is 1. The lowest BCUT2D eigenvalue weighted by atomic mass is 10.5. The molecule has 0 amide bonds. The van der Waals surface area contributed by atoms with E-state index in [0.717, 1.165) is 6.08 Å². The Labute approximate surface area is 97.3 Å². The summed E-state index contributed by atoms with van der Waals surface area (Å²) in [6.07, 6.45) is 1.44. The molecule has 0 saturated carbocycles. The molecule has 0 aliphatic carbocycles.